The van der Waals surface area contributed by atoms with Crippen LogP contribution in [-0.2, 0) is 22.6 Å². The van der Waals surface area contributed by atoms with Crippen molar-refractivity contribution in [3.63, 3.8) is 0 Å². The third kappa shape index (κ3) is 4.68. The highest BCUT2D eigenvalue weighted by atomic mass is 16.2. The van der Waals surface area contributed by atoms with Gasteiger partial charge in [-0.3, -0.25) is 19.3 Å². The van der Waals surface area contributed by atoms with Crippen molar-refractivity contribution in [1.29, 1.82) is 0 Å². The van der Waals surface area contributed by atoms with Gasteiger partial charge >= 0.3 is 5.91 Å². The number of aromatic nitrogens is 3. The van der Waals surface area contributed by atoms with E-state index in [1.165, 1.54) is 0 Å². The number of amides is 2. The number of quaternary nitrogens is 1. The molecule has 1 unspecified atom stereocenters. The fourth-order valence-electron chi connectivity index (χ4n) is 5.09. The highest BCUT2D eigenvalue weighted by Gasteiger charge is 2.49. The van der Waals surface area contributed by atoms with Crippen LogP contribution in [0.2, 0.25) is 0 Å². The van der Waals surface area contributed by atoms with Gasteiger partial charge < -0.3 is 16.0 Å². The highest BCUT2D eigenvalue weighted by Crippen LogP contribution is 2.43. The molecule has 0 aliphatic carbocycles. The molecule has 0 bridgehead atoms. The Labute approximate surface area is 227 Å². The molecule has 0 saturated heterocycles. The molecule has 3 aromatic rings. The summed E-state index contributed by atoms with van der Waals surface area (Å²) in [6.07, 6.45) is 7.41. The Morgan fingerprint density at radius 1 is 1.15 bits per heavy atom. The summed E-state index contributed by atoms with van der Waals surface area (Å²) in [5.74, 6) is -0.268. The second-order valence-electron chi connectivity index (χ2n) is 9.96. The van der Waals surface area contributed by atoms with Gasteiger partial charge in [0, 0.05) is 37.0 Å². The van der Waals surface area contributed by atoms with Gasteiger partial charge in [0.25, 0.3) is 0 Å². The lowest BCUT2D eigenvalue weighted by molar-refractivity contribution is -0.118. The third-order valence-electron chi connectivity index (χ3n) is 6.99. The summed E-state index contributed by atoms with van der Waals surface area (Å²) in [6.45, 7) is 5.73. The van der Waals surface area contributed by atoms with Crippen LogP contribution in [0.1, 0.15) is 24.0 Å². The van der Waals surface area contributed by atoms with E-state index < -0.39 is 5.91 Å². The molecule has 1 aromatic carbocycles. The molecule has 2 amide bonds. The molecule has 10 heteroatoms. The average molecular weight is 526 g/mol. The Bertz CT molecular complexity index is 1590. The molecule has 39 heavy (non-hydrogen) atoms. The normalized spacial score (nSPS) is 18.1. The van der Waals surface area contributed by atoms with Crippen molar-refractivity contribution in [1.82, 2.24) is 29.5 Å². The number of carbonyl (C=O) groups is 2. The first-order valence-corrected chi connectivity index (χ1v) is 13.0. The number of benzene rings is 1. The molecule has 200 valence electrons. The Balaban J connectivity index is 1.66. The summed E-state index contributed by atoms with van der Waals surface area (Å²) in [5, 5.41) is 8.93. The number of hydrogen-bond acceptors (Lipinski definition) is 6. The zero-order valence-corrected chi connectivity index (χ0v) is 22.7. The van der Waals surface area contributed by atoms with Crippen molar-refractivity contribution in [3.05, 3.63) is 89.3 Å². The summed E-state index contributed by atoms with van der Waals surface area (Å²) >= 11 is 0. The van der Waals surface area contributed by atoms with Gasteiger partial charge in [-0.15, -0.1) is 0 Å². The maximum absolute atomic E-state index is 13.6. The van der Waals surface area contributed by atoms with Crippen molar-refractivity contribution in [3.8, 4) is 0 Å². The van der Waals surface area contributed by atoms with Crippen LogP contribution in [0, 0.1) is 6.92 Å². The van der Waals surface area contributed by atoms with Crippen LogP contribution >= 0.6 is 0 Å². The van der Waals surface area contributed by atoms with E-state index in [9.17, 15) is 9.59 Å². The van der Waals surface area contributed by atoms with E-state index >= 15 is 0 Å². The number of primary amides is 1. The predicted molar refractivity (Wildman–Crippen MR) is 152 cm³/mol. The molecule has 10 nitrogen and oxygen atoms in total. The standard InChI is InChI=1S/C29H32N8O2/c1-5-22-27-23(36(34-22)18-21-9-6-8-19(2)33-21)10-7-11-24(27)37-15-12-20(28(30)38)16-26(37)32-17-25(37)29(39)31-13-14-35(3)4/h6-12,15-17H,5,13-14,18H2,1-4H3,(H2-,30,31,38,39)/p+1. The van der Waals surface area contributed by atoms with E-state index in [-0.39, 0.29) is 10.4 Å². The molecule has 3 N–H and O–H groups in total. The van der Waals surface area contributed by atoms with Crippen molar-refractivity contribution >= 4 is 34.2 Å². The van der Waals surface area contributed by atoms with Crippen LogP contribution in [0.5, 0.6) is 0 Å². The number of nitrogens with one attached hydrogen (secondary N) is 1. The summed E-state index contributed by atoms with van der Waals surface area (Å²) in [5.41, 5.74) is 10.9. The quantitative estimate of drug-likeness (QED) is 0.416. The number of pyridine rings is 1. The molecule has 2 aromatic heterocycles. The van der Waals surface area contributed by atoms with E-state index in [4.69, 9.17) is 10.8 Å². The van der Waals surface area contributed by atoms with Gasteiger partial charge in [0.05, 0.1) is 34.4 Å². The van der Waals surface area contributed by atoms with E-state index in [1.54, 1.807) is 18.4 Å². The number of nitrogens with two attached hydrogens (primary N) is 1. The van der Waals surface area contributed by atoms with Crippen molar-refractivity contribution in [2.24, 2.45) is 10.7 Å². The van der Waals surface area contributed by atoms with Crippen LogP contribution in [0.4, 0.5) is 5.69 Å². The Morgan fingerprint density at radius 2 is 1.95 bits per heavy atom. The minimum Gasteiger partial charge on any atom is -0.366 e. The lowest BCUT2D eigenvalue weighted by Crippen LogP contribution is -2.52. The predicted octanol–water partition coefficient (Wildman–Crippen LogP) is 2.53. The van der Waals surface area contributed by atoms with Gasteiger partial charge in [-0.25, -0.2) is 0 Å². The topological polar surface area (TPSA) is 119 Å². The number of likely N-dealkylation sites (N-methyl/N-ethyl adjacent to an activating group) is 1. The first-order chi connectivity index (χ1) is 18.7. The molecule has 0 fully saturated rings. The summed E-state index contributed by atoms with van der Waals surface area (Å²) in [7, 11) is 3.91. The lowest BCUT2D eigenvalue weighted by Gasteiger charge is -2.33. The van der Waals surface area contributed by atoms with Gasteiger partial charge in [-0.2, -0.15) is 14.6 Å². The third-order valence-corrected chi connectivity index (χ3v) is 6.99. The minimum absolute atomic E-state index is 0.0662. The number of aliphatic imine (C=N–C) groups is 1. The molecular weight excluding hydrogens is 492 g/mol. The lowest BCUT2D eigenvalue weighted by atomic mass is 10.0. The maximum Gasteiger partial charge on any atom is 0.308 e. The van der Waals surface area contributed by atoms with Crippen LogP contribution in [0.15, 0.2) is 77.2 Å². The molecule has 0 saturated carbocycles. The minimum atomic E-state index is -0.554. The number of fused-ring (bicyclic) bond motifs is 2. The zero-order chi connectivity index (χ0) is 27.7. The second-order valence-corrected chi connectivity index (χ2v) is 9.96. The largest absolute Gasteiger partial charge is 0.366 e. The Morgan fingerprint density at radius 3 is 2.67 bits per heavy atom. The number of amidine groups is 1. The van der Waals surface area contributed by atoms with Crippen molar-refractivity contribution in [2.45, 2.75) is 26.8 Å². The number of rotatable bonds is 9. The maximum atomic E-state index is 13.6. The monoisotopic (exact) mass is 525 g/mol. The van der Waals surface area contributed by atoms with Crippen LogP contribution in [0.25, 0.3) is 10.9 Å². The molecule has 1 atom stereocenters. The number of carbonyl (C=O) groups excluding carboxylic acids is 2. The van der Waals surface area contributed by atoms with Crippen LogP contribution in [0.3, 0.4) is 0 Å². The van der Waals surface area contributed by atoms with E-state index in [2.05, 4.69) is 22.2 Å². The van der Waals surface area contributed by atoms with Crippen LogP contribution in [-0.4, -0.2) is 64.5 Å². The molecular formula is C29H33N8O2+. The second kappa shape index (κ2) is 10.4. The average Bonchev–Trinajstić information content (AvgIpc) is 3.47. The van der Waals surface area contributed by atoms with Gasteiger partial charge in [0.2, 0.25) is 17.4 Å². The van der Waals surface area contributed by atoms with E-state index in [1.807, 2.05) is 73.2 Å². The zero-order valence-electron chi connectivity index (χ0n) is 22.7. The summed E-state index contributed by atoms with van der Waals surface area (Å²) in [6, 6.07) is 11.9. The molecule has 4 heterocycles. The van der Waals surface area contributed by atoms with Crippen molar-refractivity contribution in [2.75, 3.05) is 27.2 Å². The number of aryl methyl sites for hydroxylation is 2. The fraction of sp³-hybridized carbons (Fsp3) is 0.276. The fourth-order valence-corrected chi connectivity index (χ4v) is 5.09. The smallest absolute Gasteiger partial charge is 0.308 e. The molecule has 2 aliphatic rings. The Hall–Kier alpha value is -4.41. The van der Waals surface area contributed by atoms with Crippen molar-refractivity contribution < 1.29 is 9.59 Å². The first kappa shape index (κ1) is 26.2. The summed E-state index contributed by atoms with van der Waals surface area (Å²) < 4.78 is 1.90. The molecule has 0 radical (unpaired) electrons. The van der Waals surface area contributed by atoms with Gasteiger partial charge in [-0.1, -0.05) is 19.1 Å². The molecule has 5 rings (SSSR count). The number of hydrogen-bond donors (Lipinski definition) is 2. The van der Waals surface area contributed by atoms with E-state index in [0.29, 0.717) is 43.2 Å². The van der Waals surface area contributed by atoms with Gasteiger partial charge in [0.1, 0.15) is 12.4 Å². The SMILES string of the molecule is CCc1nn(Cc2cccc(C)n2)c2cccc([N+]34C=CC(C(N)=O)=CC3=NC=C4C(=O)NCCN(C)C)c12. The highest BCUT2D eigenvalue weighted by molar-refractivity contribution is 6.20. The first-order valence-electron chi connectivity index (χ1n) is 13.0. The molecule has 2 aliphatic heterocycles. The van der Waals surface area contributed by atoms with Gasteiger partial charge in [0.15, 0.2) is 5.69 Å². The van der Waals surface area contributed by atoms with Crippen LogP contribution < -0.4 is 15.5 Å². The van der Waals surface area contributed by atoms with E-state index in [0.717, 1.165) is 33.7 Å². The number of nitrogens with zero attached hydrogens (tertiary/aromatic N) is 6. The Kier molecular flexibility index (Phi) is 6.98. The van der Waals surface area contributed by atoms with Gasteiger partial charge in [-0.05, 0) is 45.6 Å². The summed E-state index contributed by atoms with van der Waals surface area (Å²) in [4.78, 5) is 36.9. The molecule has 0 spiro atoms.